The Morgan fingerprint density at radius 2 is 1.96 bits per heavy atom. The fourth-order valence-corrected chi connectivity index (χ4v) is 3.34. The summed E-state index contributed by atoms with van der Waals surface area (Å²) in [5.41, 5.74) is 0.879. The molecule has 2 rings (SSSR count). The van der Waals surface area contributed by atoms with Gasteiger partial charge in [0.2, 0.25) is 0 Å². The van der Waals surface area contributed by atoms with Crippen molar-refractivity contribution in [3.63, 3.8) is 0 Å². The molecule has 1 fully saturated rings. The number of nitrogens with one attached hydrogen (secondary N) is 2. The lowest BCUT2D eigenvalue weighted by molar-refractivity contribution is -0.0512. The van der Waals surface area contributed by atoms with Crippen LogP contribution in [0.3, 0.4) is 0 Å². The first kappa shape index (κ1) is 22.2. The zero-order chi connectivity index (χ0) is 20.5. The number of ether oxygens (including phenoxy) is 2. The lowest BCUT2D eigenvalue weighted by Crippen LogP contribution is -2.50. The molecule has 8 heteroatoms. The molecule has 0 radical (unpaired) electrons. The molecule has 1 aromatic carbocycles. The molecule has 1 aliphatic rings. The topological polar surface area (TPSA) is 58.1 Å². The highest BCUT2D eigenvalue weighted by Gasteiger charge is 2.21. The van der Waals surface area contributed by atoms with E-state index >= 15 is 0 Å². The first-order chi connectivity index (χ1) is 13.4. The van der Waals surface area contributed by atoms with Crippen molar-refractivity contribution in [2.45, 2.75) is 51.8 Å². The minimum absolute atomic E-state index is 0.0504. The molecule has 1 aliphatic heterocycles. The Balaban J connectivity index is 1.81. The summed E-state index contributed by atoms with van der Waals surface area (Å²) in [7, 11) is 3.18. The van der Waals surface area contributed by atoms with Gasteiger partial charge in [-0.15, -0.1) is 0 Å². The number of nitrogens with zero attached hydrogens (tertiary/aromatic N) is 2. The van der Waals surface area contributed by atoms with Crippen LogP contribution in [0.5, 0.6) is 11.5 Å². The number of rotatable bonds is 8. The van der Waals surface area contributed by atoms with Crippen molar-refractivity contribution < 1.29 is 18.3 Å². The number of aliphatic imine (C=N–C) groups is 1. The second-order valence-electron chi connectivity index (χ2n) is 7.16. The normalized spacial score (nSPS) is 16.5. The van der Waals surface area contributed by atoms with E-state index in [0.29, 0.717) is 30.8 Å². The van der Waals surface area contributed by atoms with Crippen LogP contribution >= 0.6 is 0 Å². The molecule has 28 heavy (non-hydrogen) atoms. The van der Waals surface area contributed by atoms with Gasteiger partial charge in [-0.25, -0.2) is 0 Å². The van der Waals surface area contributed by atoms with Crippen molar-refractivity contribution in [1.29, 1.82) is 0 Å². The lowest BCUT2D eigenvalue weighted by Gasteiger charge is -2.35. The summed E-state index contributed by atoms with van der Waals surface area (Å²) < 4.78 is 34.7. The zero-order valence-corrected chi connectivity index (χ0v) is 17.2. The van der Waals surface area contributed by atoms with Crippen molar-refractivity contribution in [2.75, 3.05) is 33.8 Å². The average Bonchev–Trinajstić information content (AvgIpc) is 2.67. The Bertz CT molecular complexity index is 633. The first-order valence-corrected chi connectivity index (χ1v) is 9.76. The molecule has 1 saturated heterocycles. The van der Waals surface area contributed by atoms with Crippen LogP contribution in [0.4, 0.5) is 8.78 Å². The predicted octanol–water partition coefficient (Wildman–Crippen LogP) is 2.88. The Labute approximate surface area is 166 Å². The third kappa shape index (κ3) is 6.82. The number of guanidine groups is 1. The highest BCUT2D eigenvalue weighted by atomic mass is 19.3. The highest BCUT2D eigenvalue weighted by Crippen LogP contribution is 2.29. The second kappa shape index (κ2) is 11.0. The monoisotopic (exact) mass is 398 g/mol. The summed E-state index contributed by atoms with van der Waals surface area (Å²) in [6.07, 6.45) is 2.83. The van der Waals surface area contributed by atoms with E-state index in [9.17, 15) is 8.78 Å². The molecule has 0 aromatic heterocycles. The third-order valence-corrected chi connectivity index (χ3v) is 4.97. The maximum atomic E-state index is 12.5. The lowest BCUT2D eigenvalue weighted by atomic mass is 10.0. The van der Waals surface area contributed by atoms with Gasteiger partial charge in [-0.2, -0.15) is 8.78 Å². The van der Waals surface area contributed by atoms with Crippen molar-refractivity contribution in [2.24, 2.45) is 4.99 Å². The van der Waals surface area contributed by atoms with Crippen LogP contribution in [0.15, 0.2) is 23.2 Å². The molecule has 0 aliphatic carbocycles. The highest BCUT2D eigenvalue weighted by molar-refractivity contribution is 5.79. The number of alkyl halides is 2. The van der Waals surface area contributed by atoms with Gasteiger partial charge in [-0.1, -0.05) is 6.07 Å². The minimum atomic E-state index is -2.88. The molecule has 6 nitrogen and oxygen atoms in total. The Hall–Kier alpha value is -2.09. The van der Waals surface area contributed by atoms with Crippen LogP contribution in [0.1, 0.15) is 32.3 Å². The standard InChI is InChI=1S/C20H32F2N4O2/c1-14(2)26-11-8-16(9-12-26)25-20(23-3)24-10-7-15-5-6-17(27-4)18(13-15)28-19(21)22/h5-6,13-14,16,19H,7-12H2,1-4H3,(H2,23,24,25). The summed E-state index contributed by atoms with van der Waals surface area (Å²) >= 11 is 0. The van der Waals surface area contributed by atoms with Crippen LogP contribution in [0.25, 0.3) is 0 Å². The second-order valence-corrected chi connectivity index (χ2v) is 7.16. The van der Waals surface area contributed by atoms with Gasteiger partial charge in [0.25, 0.3) is 0 Å². The molecule has 1 heterocycles. The van der Waals surface area contributed by atoms with Gasteiger partial charge in [0.1, 0.15) is 0 Å². The summed E-state index contributed by atoms with van der Waals surface area (Å²) in [6.45, 7) is 4.38. The molecular weight excluding hydrogens is 366 g/mol. The van der Waals surface area contributed by atoms with Crippen molar-refractivity contribution in [1.82, 2.24) is 15.5 Å². The van der Waals surface area contributed by atoms with Crippen molar-refractivity contribution in [3.8, 4) is 11.5 Å². The molecule has 0 saturated carbocycles. The van der Waals surface area contributed by atoms with Gasteiger partial charge in [0, 0.05) is 38.8 Å². The zero-order valence-electron chi connectivity index (χ0n) is 17.2. The van der Waals surface area contributed by atoms with Gasteiger partial charge in [-0.3, -0.25) is 4.99 Å². The summed E-state index contributed by atoms with van der Waals surface area (Å²) in [5, 5.41) is 6.77. The Morgan fingerprint density at radius 1 is 1.25 bits per heavy atom. The van der Waals surface area contributed by atoms with Crippen LogP contribution < -0.4 is 20.1 Å². The van der Waals surface area contributed by atoms with Gasteiger partial charge < -0.3 is 25.0 Å². The third-order valence-electron chi connectivity index (χ3n) is 4.97. The minimum Gasteiger partial charge on any atom is -0.493 e. The van der Waals surface area contributed by atoms with E-state index in [1.54, 1.807) is 19.2 Å². The molecule has 0 unspecified atom stereocenters. The number of methoxy groups -OCH3 is 1. The van der Waals surface area contributed by atoms with E-state index in [4.69, 9.17) is 4.74 Å². The molecule has 0 spiro atoms. The first-order valence-electron chi connectivity index (χ1n) is 9.76. The van der Waals surface area contributed by atoms with Gasteiger partial charge >= 0.3 is 6.61 Å². The Kier molecular flexibility index (Phi) is 8.76. The average molecular weight is 398 g/mol. The molecule has 1 aromatic rings. The fraction of sp³-hybridized carbons (Fsp3) is 0.650. The van der Waals surface area contributed by atoms with Gasteiger partial charge in [0.05, 0.1) is 7.11 Å². The predicted molar refractivity (Wildman–Crippen MR) is 108 cm³/mol. The van der Waals surface area contributed by atoms with E-state index in [-0.39, 0.29) is 5.75 Å². The molecular formula is C20H32F2N4O2. The number of hydrogen-bond acceptors (Lipinski definition) is 4. The fourth-order valence-electron chi connectivity index (χ4n) is 3.34. The number of benzene rings is 1. The number of halogens is 2. The van der Waals surface area contributed by atoms with E-state index in [1.165, 1.54) is 7.11 Å². The van der Waals surface area contributed by atoms with Crippen molar-refractivity contribution in [3.05, 3.63) is 23.8 Å². The molecule has 0 atom stereocenters. The van der Waals surface area contributed by atoms with E-state index in [1.807, 2.05) is 6.07 Å². The summed E-state index contributed by atoms with van der Waals surface area (Å²) in [5.74, 6) is 1.11. The number of piperidine rings is 1. The van der Waals surface area contributed by atoms with Crippen LogP contribution in [-0.2, 0) is 6.42 Å². The SMILES string of the molecule is CN=C(NCCc1ccc(OC)c(OC(F)F)c1)NC1CCN(C(C)C)CC1. The molecule has 0 amide bonds. The molecule has 2 N–H and O–H groups in total. The number of likely N-dealkylation sites (tertiary alicyclic amines) is 1. The van der Waals surface area contributed by atoms with Gasteiger partial charge in [0.15, 0.2) is 17.5 Å². The van der Waals surface area contributed by atoms with Crippen LogP contribution in [-0.4, -0.2) is 63.3 Å². The molecule has 158 valence electrons. The maximum absolute atomic E-state index is 12.5. The quantitative estimate of drug-likeness (QED) is 0.521. The largest absolute Gasteiger partial charge is 0.493 e. The Morgan fingerprint density at radius 3 is 2.54 bits per heavy atom. The molecule has 0 bridgehead atoms. The van der Waals surface area contributed by atoms with Crippen LogP contribution in [0, 0.1) is 0 Å². The van der Waals surface area contributed by atoms with E-state index in [0.717, 1.165) is 37.5 Å². The smallest absolute Gasteiger partial charge is 0.387 e. The van der Waals surface area contributed by atoms with E-state index < -0.39 is 6.61 Å². The summed E-state index contributed by atoms with van der Waals surface area (Å²) in [6, 6.07) is 6.07. The van der Waals surface area contributed by atoms with E-state index in [2.05, 4.69) is 39.1 Å². The number of hydrogen-bond donors (Lipinski definition) is 2. The maximum Gasteiger partial charge on any atom is 0.387 e. The van der Waals surface area contributed by atoms with Crippen molar-refractivity contribution >= 4 is 5.96 Å². The summed E-state index contributed by atoms with van der Waals surface area (Å²) in [4.78, 5) is 6.77. The van der Waals surface area contributed by atoms with Gasteiger partial charge in [-0.05, 0) is 50.8 Å². The van der Waals surface area contributed by atoms with Crippen LogP contribution in [0.2, 0.25) is 0 Å².